The average Bonchev–Trinajstić information content (AvgIpc) is 2.90. The Bertz CT molecular complexity index is 691. The van der Waals surface area contributed by atoms with E-state index in [4.69, 9.17) is 5.11 Å². The fourth-order valence-electron chi connectivity index (χ4n) is 3.50. The lowest BCUT2D eigenvalue weighted by Gasteiger charge is -2.27. The van der Waals surface area contributed by atoms with E-state index in [1.807, 2.05) is 17.8 Å². The van der Waals surface area contributed by atoms with Gasteiger partial charge in [-0.15, -0.1) is 0 Å². The summed E-state index contributed by atoms with van der Waals surface area (Å²) < 4.78 is 1.88. The van der Waals surface area contributed by atoms with E-state index in [9.17, 15) is 0 Å². The zero-order valence-electron chi connectivity index (χ0n) is 15.3. The van der Waals surface area contributed by atoms with Crippen LogP contribution >= 0.6 is 0 Å². The standard InChI is InChI=1S/C19H29N5O/c1-15-18(16(2)24(22-15)10-11-25)14-20-13-17-6-7-21-19(12-17)23-8-4-3-5-9-23/h6-7,12,20,25H,3-5,8-11,13-14H2,1-2H3. The number of hydrogen-bond donors (Lipinski definition) is 2. The van der Waals surface area contributed by atoms with E-state index in [-0.39, 0.29) is 6.61 Å². The van der Waals surface area contributed by atoms with E-state index >= 15 is 0 Å². The van der Waals surface area contributed by atoms with Gasteiger partial charge in [0.1, 0.15) is 5.82 Å². The number of piperidine rings is 1. The van der Waals surface area contributed by atoms with Crippen LogP contribution in [0.3, 0.4) is 0 Å². The molecular weight excluding hydrogens is 314 g/mol. The van der Waals surface area contributed by atoms with Gasteiger partial charge in [-0.2, -0.15) is 5.10 Å². The molecule has 2 aromatic heterocycles. The first-order valence-corrected chi connectivity index (χ1v) is 9.23. The Hall–Kier alpha value is -1.92. The predicted molar refractivity (Wildman–Crippen MR) is 99.6 cm³/mol. The number of hydrogen-bond acceptors (Lipinski definition) is 5. The number of nitrogens with zero attached hydrogens (tertiary/aromatic N) is 4. The highest BCUT2D eigenvalue weighted by atomic mass is 16.3. The molecule has 1 fully saturated rings. The van der Waals surface area contributed by atoms with Crippen LogP contribution < -0.4 is 10.2 Å². The number of aliphatic hydroxyl groups excluding tert-OH is 1. The van der Waals surface area contributed by atoms with Crippen LogP contribution in [0.25, 0.3) is 0 Å². The summed E-state index contributed by atoms with van der Waals surface area (Å²) in [6, 6.07) is 4.28. The van der Waals surface area contributed by atoms with Gasteiger partial charge >= 0.3 is 0 Å². The van der Waals surface area contributed by atoms with Crippen LogP contribution in [0.1, 0.15) is 41.8 Å². The van der Waals surface area contributed by atoms with Gasteiger partial charge in [-0.1, -0.05) is 0 Å². The maximum atomic E-state index is 9.12. The van der Waals surface area contributed by atoms with Crippen LogP contribution in [0.2, 0.25) is 0 Å². The van der Waals surface area contributed by atoms with Crippen molar-refractivity contribution in [2.45, 2.75) is 52.7 Å². The zero-order valence-corrected chi connectivity index (χ0v) is 15.3. The van der Waals surface area contributed by atoms with E-state index in [2.05, 4.69) is 39.4 Å². The molecule has 1 saturated heterocycles. The Morgan fingerprint density at radius 2 is 1.96 bits per heavy atom. The Kier molecular flexibility index (Phi) is 6.04. The fourth-order valence-corrected chi connectivity index (χ4v) is 3.50. The van der Waals surface area contributed by atoms with Crippen molar-refractivity contribution < 1.29 is 5.11 Å². The van der Waals surface area contributed by atoms with Crippen molar-refractivity contribution in [3.63, 3.8) is 0 Å². The molecule has 1 aliphatic rings. The Labute approximate surface area is 149 Å². The molecule has 0 atom stereocenters. The summed E-state index contributed by atoms with van der Waals surface area (Å²) >= 11 is 0. The molecule has 2 aromatic rings. The second kappa shape index (κ2) is 8.45. The van der Waals surface area contributed by atoms with Crippen molar-refractivity contribution in [1.82, 2.24) is 20.1 Å². The molecule has 0 radical (unpaired) electrons. The van der Waals surface area contributed by atoms with Gasteiger partial charge < -0.3 is 15.3 Å². The van der Waals surface area contributed by atoms with Crippen LogP contribution in [-0.4, -0.2) is 39.6 Å². The van der Waals surface area contributed by atoms with Crippen molar-refractivity contribution in [3.05, 3.63) is 40.8 Å². The van der Waals surface area contributed by atoms with Gasteiger partial charge in [-0.3, -0.25) is 4.68 Å². The van der Waals surface area contributed by atoms with Crippen LogP contribution in [0, 0.1) is 13.8 Å². The summed E-state index contributed by atoms with van der Waals surface area (Å²) in [5.74, 6) is 1.10. The second-order valence-corrected chi connectivity index (χ2v) is 6.77. The number of rotatable bonds is 7. The number of aliphatic hydroxyl groups is 1. The molecule has 3 rings (SSSR count). The van der Waals surface area contributed by atoms with E-state index in [1.54, 1.807) is 0 Å². The van der Waals surface area contributed by atoms with Gasteiger partial charge in [0.15, 0.2) is 0 Å². The van der Waals surface area contributed by atoms with Crippen LogP contribution in [0.4, 0.5) is 5.82 Å². The highest BCUT2D eigenvalue weighted by Gasteiger charge is 2.13. The summed E-state index contributed by atoms with van der Waals surface area (Å²) in [7, 11) is 0. The minimum absolute atomic E-state index is 0.116. The maximum Gasteiger partial charge on any atom is 0.128 e. The number of aryl methyl sites for hydroxylation is 1. The lowest BCUT2D eigenvalue weighted by Crippen LogP contribution is -2.30. The first-order valence-electron chi connectivity index (χ1n) is 9.23. The monoisotopic (exact) mass is 343 g/mol. The molecule has 3 heterocycles. The van der Waals surface area contributed by atoms with Gasteiger partial charge in [-0.25, -0.2) is 4.98 Å². The first-order chi connectivity index (χ1) is 12.2. The summed E-state index contributed by atoms with van der Waals surface area (Å²) in [5, 5.41) is 17.1. The summed E-state index contributed by atoms with van der Waals surface area (Å²) in [4.78, 5) is 6.93. The third-order valence-electron chi connectivity index (χ3n) is 4.96. The van der Waals surface area contributed by atoms with Gasteiger partial charge in [0, 0.05) is 43.6 Å². The molecular formula is C19H29N5O. The molecule has 136 valence electrons. The Morgan fingerprint density at radius 3 is 2.72 bits per heavy atom. The summed E-state index contributed by atoms with van der Waals surface area (Å²) in [6.45, 7) is 8.59. The molecule has 6 nitrogen and oxygen atoms in total. The number of nitrogens with one attached hydrogen (secondary N) is 1. The third kappa shape index (κ3) is 4.38. The molecule has 0 spiro atoms. The molecule has 0 bridgehead atoms. The number of aromatic nitrogens is 3. The van der Waals surface area contributed by atoms with Crippen molar-refractivity contribution in [2.75, 3.05) is 24.6 Å². The molecule has 0 saturated carbocycles. The smallest absolute Gasteiger partial charge is 0.128 e. The van der Waals surface area contributed by atoms with E-state index in [0.29, 0.717) is 6.54 Å². The Morgan fingerprint density at radius 1 is 1.16 bits per heavy atom. The quantitative estimate of drug-likeness (QED) is 0.806. The normalized spacial score (nSPS) is 14.9. The van der Waals surface area contributed by atoms with Crippen LogP contribution in [0.15, 0.2) is 18.3 Å². The predicted octanol–water partition coefficient (Wildman–Crippen LogP) is 2.17. The van der Waals surface area contributed by atoms with Crippen molar-refractivity contribution >= 4 is 5.82 Å². The van der Waals surface area contributed by atoms with Gasteiger partial charge in [0.05, 0.1) is 18.8 Å². The van der Waals surface area contributed by atoms with Crippen LogP contribution in [0.5, 0.6) is 0 Å². The molecule has 0 aliphatic carbocycles. The minimum atomic E-state index is 0.116. The molecule has 0 aromatic carbocycles. The second-order valence-electron chi connectivity index (χ2n) is 6.77. The lowest BCUT2D eigenvalue weighted by atomic mass is 10.1. The molecule has 2 N–H and O–H groups in total. The SMILES string of the molecule is Cc1nn(CCO)c(C)c1CNCc1ccnc(N2CCCCC2)c1. The van der Waals surface area contributed by atoms with E-state index in [1.165, 1.54) is 30.4 Å². The van der Waals surface area contributed by atoms with Gasteiger partial charge in [-0.05, 0) is 50.8 Å². The topological polar surface area (TPSA) is 66.2 Å². The first kappa shape index (κ1) is 17.9. The number of pyridine rings is 1. The van der Waals surface area contributed by atoms with E-state index < -0.39 is 0 Å². The van der Waals surface area contributed by atoms with E-state index in [0.717, 1.165) is 43.4 Å². The van der Waals surface area contributed by atoms with Crippen molar-refractivity contribution in [1.29, 1.82) is 0 Å². The van der Waals surface area contributed by atoms with Crippen molar-refractivity contribution in [2.24, 2.45) is 0 Å². The zero-order chi connectivity index (χ0) is 17.6. The molecule has 6 heteroatoms. The highest BCUT2D eigenvalue weighted by molar-refractivity contribution is 5.41. The lowest BCUT2D eigenvalue weighted by molar-refractivity contribution is 0.267. The summed E-state index contributed by atoms with van der Waals surface area (Å²) in [5.41, 5.74) is 4.64. The largest absolute Gasteiger partial charge is 0.394 e. The molecule has 0 amide bonds. The summed E-state index contributed by atoms with van der Waals surface area (Å²) in [6.07, 6.45) is 5.78. The average molecular weight is 343 g/mol. The van der Waals surface area contributed by atoms with Gasteiger partial charge in [0.2, 0.25) is 0 Å². The fraction of sp³-hybridized carbons (Fsp3) is 0.579. The maximum absolute atomic E-state index is 9.12. The van der Waals surface area contributed by atoms with Gasteiger partial charge in [0.25, 0.3) is 0 Å². The molecule has 0 unspecified atom stereocenters. The Balaban J connectivity index is 1.59. The molecule has 25 heavy (non-hydrogen) atoms. The minimum Gasteiger partial charge on any atom is -0.394 e. The molecule has 1 aliphatic heterocycles. The third-order valence-corrected chi connectivity index (χ3v) is 4.96. The number of anilines is 1. The highest BCUT2D eigenvalue weighted by Crippen LogP contribution is 2.18. The van der Waals surface area contributed by atoms with Crippen molar-refractivity contribution in [3.8, 4) is 0 Å². The van der Waals surface area contributed by atoms with Crippen LogP contribution in [-0.2, 0) is 19.6 Å².